The standard InChI is InChI=1S/C25H31N5O4/c1-4-14-34-19-8-6-18(7-9-19)28-25(31)30-12-10-29(11-13-30)24-20-15-23(33-5-2)22(32-3)16-21(20)26-17-27-24/h6-9,15-17H,4-5,10-14H2,1-3H3,(H,28,31). The van der Waals surface area contributed by atoms with Crippen LogP contribution in [0.3, 0.4) is 0 Å². The Morgan fingerprint density at radius 1 is 1.00 bits per heavy atom. The van der Waals surface area contributed by atoms with Crippen LogP contribution in [0.15, 0.2) is 42.7 Å². The van der Waals surface area contributed by atoms with Crippen LogP contribution in [0.1, 0.15) is 20.3 Å². The Kier molecular flexibility index (Phi) is 7.51. The van der Waals surface area contributed by atoms with Gasteiger partial charge in [-0.15, -0.1) is 0 Å². The van der Waals surface area contributed by atoms with Crippen LogP contribution in [0.5, 0.6) is 17.2 Å². The van der Waals surface area contributed by atoms with Crippen molar-refractivity contribution in [3.05, 3.63) is 42.7 Å². The number of benzene rings is 2. The molecule has 0 atom stereocenters. The number of aromatic nitrogens is 2. The number of carbonyl (C=O) groups is 1. The van der Waals surface area contributed by atoms with Crippen LogP contribution in [0.2, 0.25) is 0 Å². The van der Waals surface area contributed by atoms with Gasteiger partial charge in [0.1, 0.15) is 17.9 Å². The first-order valence-electron chi connectivity index (χ1n) is 11.6. The summed E-state index contributed by atoms with van der Waals surface area (Å²) >= 11 is 0. The monoisotopic (exact) mass is 465 g/mol. The molecule has 1 fully saturated rings. The number of anilines is 2. The van der Waals surface area contributed by atoms with E-state index >= 15 is 0 Å². The maximum atomic E-state index is 12.8. The van der Waals surface area contributed by atoms with Gasteiger partial charge in [-0.2, -0.15) is 0 Å². The van der Waals surface area contributed by atoms with Crippen molar-refractivity contribution < 1.29 is 19.0 Å². The molecule has 1 aromatic heterocycles. The molecule has 3 aromatic rings. The summed E-state index contributed by atoms with van der Waals surface area (Å²) in [7, 11) is 1.62. The predicted octanol–water partition coefficient (Wildman–Crippen LogP) is 4.18. The number of carbonyl (C=O) groups excluding carboxylic acids is 1. The molecule has 2 amide bonds. The van der Waals surface area contributed by atoms with Crippen LogP contribution >= 0.6 is 0 Å². The number of piperazine rings is 1. The van der Waals surface area contributed by atoms with Crippen LogP contribution in [0.4, 0.5) is 16.3 Å². The van der Waals surface area contributed by atoms with Gasteiger partial charge in [0.15, 0.2) is 11.5 Å². The summed E-state index contributed by atoms with van der Waals surface area (Å²) in [6.07, 6.45) is 2.52. The Morgan fingerprint density at radius 3 is 2.44 bits per heavy atom. The number of hydrogen-bond acceptors (Lipinski definition) is 7. The number of methoxy groups -OCH3 is 1. The molecule has 180 valence electrons. The third kappa shape index (κ3) is 5.24. The topological polar surface area (TPSA) is 89.1 Å². The normalized spacial score (nSPS) is 13.6. The first kappa shape index (κ1) is 23.4. The predicted molar refractivity (Wildman–Crippen MR) is 132 cm³/mol. The molecule has 0 radical (unpaired) electrons. The van der Waals surface area contributed by atoms with Crippen molar-refractivity contribution >= 4 is 28.4 Å². The molecule has 1 saturated heterocycles. The van der Waals surface area contributed by atoms with Crippen molar-refractivity contribution in [3.8, 4) is 17.2 Å². The molecule has 0 unspecified atom stereocenters. The molecular formula is C25H31N5O4. The van der Waals surface area contributed by atoms with E-state index in [1.165, 1.54) is 0 Å². The van der Waals surface area contributed by atoms with Crippen molar-refractivity contribution in [1.29, 1.82) is 0 Å². The van der Waals surface area contributed by atoms with Gasteiger partial charge in [0.2, 0.25) is 0 Å². The number of hydrogen-bond donors (Lipinski definition) is 1. The molecule has 0 bridgehead atoms. The first-order chi connectivity index (χ1) is 16.6. The number of fused-ring (bicyclic) bond motifs is 1. The number of nitrogens with one attached hydrogen (secondary N) is 1. The smallest absolute Gasteiger partial charge is 0.321 e. The molecule has 4 rings (SSSR count). The molecule has 2 heterocycles. The van der Waals surface area contributed by atoms with E-state index < -0.39 is 0 Å². The quantitative estimate of drug-likeness (QED) is 0.534. The van der Waals surface area contributed by atoms with Gasteiger partial charge in [0.05, 0.1) is 25.8 Å². The lowest BCUT2D eigenvalue weighted by molar-refractivity contribution is 0.208. The van der Waals surface area contributed by atoms with Crippen molar-refractivity contribution in [2.24, 2.45) is 0 Å². The van der Waals surface area contributed by atoms with Gasteiger partial charge in [-0.1, -0.05) is 6.92 Å². The maximum Gasteiger partial charge on any atom is 0.321 e. The molecule has 1 N–H and O–H groups in total. The van der Waals surface area contributed by atoms with Crippen molar-refractivity contribution in [3.63, 3.8) is 0 Å². The third-order valence-corrected chi connectivity index (χ3v) is 5.64. The molecule has 9 nitrogen and oxygen atoms in total. The minimum atomic E-state index is -0.113. The Hall–Kier alpha value is -3.75. The minimum Gasteiger partial charge on any atom is -0.494 e. The summed E-state index contributed by atoms with van der Waals surface area (Å²) < 4.78 is 16.8. The van der Waals surface area contributed by atoms with E-state index in [0.717, 1.165) is 34.6 Å². The Bertz CT molecular complexity index is 1110. The fraction of sp³-hybridized carbons (Fsp3) is 0.400. The zero-order chi connectivity index (χ0) is 23.9. The van der Waals surface area contributed by atoms with Gasteiger partial charge in [-0.25, -0.2) is 14.8 Å². The summed E-state index contributed by atoms with van der Waals surface area (Å²) in [4.78, 5) is 25.7. The summed E-state index contributed by atoms with van der Waals surface area (Å²) in [5.41, 5.74) is 1.53. The lowest BCUT2D eigenvalue weighted by Crippen LogP contribution is -2.50. The highest BCUT2D eigenvalue weighted by Gasteiger charge is 2.24. The summed E-state index contributed by atoms with van der Waals surface area (Å²) in [5, 5.41) is 3.87. The highest BCUT2D eigenvalue weighted by atomic mass is 16.5. The second kappa shape index (κ2) is 10.9. The van der Waals surface area contributed by atoms with E-state index in [2.05, 4.69) is 27.1 Å². The van der Waals surface area contributed by atoms with Crippen molar-refractivity contribution in [2.45, 2.75) is 20.3 Å². The molecule has 0 spiro atoms. The second-order valence-corrected chi connectivity index (χ2v) is 7.93. The van der Waals surface area contributed by atoms with E-state index in [1.807, 2.05) is 48.2 Å². The Labute approximate surface area is 199 Å². The van der Waals surface area contributed by atoms with Gasteiger partial charge in [0.25, 0.3) is 0 Å². The third-order valence-electron chi connectivity index (χ3n) is 5.64. The summed E-state index contributed by atoms with van der Waals surface area (Å²) in [6, 6.07) is 11.1. The molecule has 2 aromatic carbocycles. The number of urea groups is 1. The van der Waals surface area contributed by atoms with E-state index in [0.29, 0.717) is 50.9 Å². The molecule has 1 aliphatic rings. The van der Waals surface area contributed by atoms with Gasteiger partial charge < -0.3 is 29.3 Å². The highest BCUT2D eigenvalue weighted by molar-refractivity contribution is 5.92. The zero-order valence-corrected chi connectivity index (χ0v) is 19.9. The number of rotatable bonds is 8. The van der Waals surface area contributed by atoms with Crippen LogP contribution in [0.25, 0.3) is 10.9 Å². The van der Waals surface area contributed by atoms with Crippen LogP contribution in [-0.4, -0.2) is 67.4 Å². The zero-order valence-electron chi connectivity index (χ0n) is 19.9. The maximum absolute atomic E-state index is 12.8. The van der Waals surface area contributed by atoms with E-state index in [-0.39, 0.29) is 6.03 Å². The molecule has 34 heavy (non-hydrogen) atoms. The molecular weight excluding hydrogens is 434 g/mol. The fourth-order valence-electron chi connectivity index (χ4n) is 3.91. The van der Waals surface area contributed by atoms with E-state index in [1.54, 1.807) is 13.4 Å². The largest absolute Gasteiger partial charge is 0.494 e. The Balaban J connectivity index is 1.41. The summed E-state index contributed by atoms with van der Waals surface area (Å²) in [5.74, 6) is 2.94. The molecule has 0 aliphatic carbocycles. The van der Waals surface area contributed by atoms with Crippen LogP contribution in [-0.2, 0) is 0 Å². The first-order valence-corrected chi connectivity index (χ1v) is 11.6. The SMILES string of the molecule is CCCOc1ccc(NC(=O)N2CCN(c3ncnc4cc(OC)c(OCC)cc34)CC2)cc1. The number of nitrogens with zero attached hydrogens (tertiary/aromatic N) is 4. The van der Waals surface area contributed by atoms with Crippen molar-refractivity contribution in [1.82, 2.24) is 14.9 Å². The molecule has 0 saturated carbocycles. The van der Waals surface area contributed by atoms with Crippen molar-refractivity contribution in [2.75, 3.05) is 56.7 Å². The summed E-state index contributed by atoms with van der Waals surface area (Å²) in [6.45, 7) is 7.72. The second-order valence-electron chi connectivity index (χ2n) is 7.93. The number of amides is 2. The lowest BCUT2D eigenvalue weighted by atomic mass is 10.2. The average molecular weight is 466 g/mol. The Morgan fingerprint density at radius 2 is 1.76 bits per heavy atom. The van der Waals surface area contributed by atoms with E-state index in [4.69, 9.17) is 14.2 Å². The van der Waals surface area contributed by atoms with Crippen LogP contribution < -0.4 is 24.4 Å². The van der Waals surface area contributed by atoms with Gasteiger partial charge in [-0.3, -0.25) is 0 Å². The van der Waals surface area contributed by atoms with Gasteiger partial charge >= 0.3 is 6.03 Å². The fourth-order valence-corrected chi connectivity index (χ4v) is 3.91. The minimum absolute atomic E-state index is 0.113. The number of ether oxygens (including phenoxy) is 3. The van der Waals surface area contributed by atoms with Gasteiger partial charge in [0, 0.05) is 43.3 Å². The van der Waals surface area contributed by atoms with E-state index in [9.17, 15) is 4.79 Å². The average Bonchev–Trinajstić information content (AvgIpc) is 2.88. The highest BCUT2D eigenvalue weighted by Crippen LogP contribution is 2.35. The lowest BCUT2D eigenvalue weighted by Gasteiger charge is -2.35. The van der Waals surface area contributed by atoms with Gasteiger partial charge in [-0.05, 0) is 43.7 Å². The van der Waals surface area contributed by atoms with Crippen LogP contribution in [0, 0.1) is 0 Å². The molecule has 9 heteroatoms. The molecule has 1 aliphatic heterocycles.